The maximum atomic E-state index is 13.9. The number of hydrogen-bond acceptors (Lipinski definition) is 2. The van der Waals surface area contributed by atoms with Gasteiger partial charge in [-0.05, 0) is 43.7 Å². The SMILES string of the molecule is Cc1cc(F)cc(NC(C(N)=O)c2cc(C)ccc2F)c1. The van der Waals surface area contributed by atoms with Crippen LogP contribution in [0.3, 0.4) is 0 Å². The Hall–Kier alpha value is -2.43. The molecule has 0 radical (unpaired) electrons. The zero-order chi connectivity index (χ0) is 15.6. The van der Waals surface area contributed by atoms with Crippen LogP contribution in [0.15, 0.2) is 36.4 Å². The molecule has 1 amide bonds. The quantitative estimate of drug-likeness (QED) is 0.908. The monoisotopic (exact) mass is 290 g/mol. The van der Waals surface area contributed by atoms with E-state index in [1.54, 1.807) is 32.0 Å². The van der Waals surface area contributed by atoms with Crippen molar-refractivity contribution >= 4 is 11.6 Å². The first-order valence-corrected chi connectivity index (χ1v) is 6.46. The Balaban J connectivity index is 2.40. The summed E-state index contributed by atoms with van der Waals surface area (Å²) in [5.41, 5.74) is 7.35. The predicted octanol–water partition coefficient (Wildman–Crippen LogP) is 3.22. The van der Waals surface area contributed by atoms with Gasteiger partial charge in [-0.15, -0.1) is 0 Å². The standard InChI is InChI=1S/C16H16F2N2O/c1-9-3-4-14(18)13(7-9)15(16(19)21)20-12-6-10(2)5-11(17)8-12/h3-8,15,20H,1-2H3,(H2,19,21). The Morgan fingerprint density at radius 3 is 2.43 bits per heavy atom. The topological polar surface area (TPSA) is 55.1 Å². The molecule has 2 rings (SSSR count). The number of primary amides is 1. The third kappa shape index (κ3) is 3.56. The second kappa shape index (κ2) is 5.91. The molecule has 0 heterocycles. The average molecular weight is 290 g/mol. The van der Waals surface area contributed by atoms with Gasteiger partial charge in [0, 0.05) is 11.3 Å². The molecule has 0 aliphatic carbocycles. The first-order valence-electron chi connectivity index (χ1n) is 6.46. The number of carbonyl (C=O) groups is 1. The normalized spacial score (nSPS) is 12.0. The van der Waals surface area contributed by atoms with Gasteiger partial charge in [-0.25, -0.2) is 8.78 Å². The van der Waals surface area contributed by atoms with Crippen LogP contribution in [0.2, 0.25) is 0 Å². The molecule has 2 aromatic rings. The molecule has 0 saturated heterocycles. The number of nitrogens with two attached hydrogens (primary N) is 1. The van der Waals surface area contributed by atoms with E-state index in [4.69, 9.17) is 5.73 Å². The Morgan fingerprint density at radius 1 is 1.10 bits per heavy atom. The molecule has 0 fully saturated rings. The van der Waals surface area contributed by atoms with Crippen LogP contribution >= 0.6 is 0 Å². The highest BCUT2D eigenvalue weighted by atomic mass is 19.1. The zero-order valence-electron chi connectivity index (χ0n) is 11.8. The summed E-state index contributed by atoms with van der Waals surface area (Å²) >= 11 is 0. The number of hydrogen-bond donors (Lipinski definition) is 2. The van der Waals surface area contributed by atoms with Crippen molar-refractivity contribution in [2.75, 3.05) is 5.32 Å². The van der Waals surface area contributed by atoms with Crippen LogP contribution in [0.25, 0.3) is 0 Å². The van der Waals surface area contributed by atoms with E-state index in [1.165, 1.54) is 18.2 Å². The Kier molecular flexibility index (Phi) is 4.21. The van der Waals surface area contributed by atoms with Crippen molar-refractivity contribution < 1.29 is 13.6 Å². The van der Waals surface area contributed by atoms with Gasteiger partial charge in [0.2, 0.25) is 5.91 Å². The largest absolute Gasteiger partial charge is 0.370 e. The molecule has 3 N–H and O–H groups in total. The van der Waals surface area contributed by atoms with Gasteiger partial charge in [0.05, 0.1) is 0 Å². The van der Waals surface area contributed by atoms with Gasteiger partial charge in [0.1, 0.15) is 17.7 Å². The molecule has 0 aliphatic heterocycles. The van der Waals surface area contributed by atoms with Crippen LogP contribution in [0.4, 0.5) is 14.5 Å². The minimum Gasteiger partial charge on any atom is -0.370 e. The fraction of sp³-hybridized carbons (Fsp3) is 0.188. The second-order valence-corrected chi connectivity index (χ2v) is 5.02. The molecule has 0 spiro atoms. The summed E-state index contributed by atoms with van der Waals surface area (Å²) in [5, 5.41) is 2.79. The molecule has 2 aromatic carbocycles. The van der Waals surface area contributed by atoms with Crippen molar-refractivity contribution in [3.63, 3.8) is 0 Å². The Labute approximate surface area is 121 Å². The third-order valence-corrected chi connectivity index (χ3v) is 3.10. The van der Waals surface area contributed by atoms with Gasteiger partial charge in [-0.2, -0.15) is 0 Å². The molecule has 0 aliphatic rings. The van der Waals surface area contributed by atoms with Crippen LogP contribution in [0.1, 0.15) is 22.7 Å². The van der Waals surface area contributed by atoms with Crippen molar-refractivity contribution in [3.8, 4) is 0 Å². The van der Waals surface area contributed by atoms with Crippen LogP contribution in [0.5, 0.6) is 0 Å². The van der Waals surface area contributed by atoms with Crippen LogP contribution in [-0.2, 0) is 4.79 Å². The highest BCUT2D eigenvalue weighted by molar-refractivity contribution is 5.84. The van der Waals surface area contributed by atoms with Gasteiger partial charge in [-0.1, -0.05) is 17.7 Å². The molecule has 110 valence electrons. The first kappa shape index (κ1) is 15.0. The lowest BCUT2D eigenvalue weighted by molar-refractivity contribution is -0.118. The number of benzene rings is 2. The zero-order valence-corrected chi connectivity index (χ0v) is 11.8. The molecule has 0 saturated carbocycles. The lowest BCUT2D eigenvalue weighted by Gasteiger charge is -2.18. The van der Waals surface area contributed by atoms with Crippen LogP contribution in [0, 0.1) is 25.5 Å². The molecule has 1 atom stereocenters. The number of anilines is 1. The molecular weight excluding hydrogens is 274 g/mol. The van der Waals surface area contributed by atoms with Crippen molar-refractivity contribution in [1.82, 2.24) is 0 Å². The molecule has 1 unspecified atom stereocenters. The minimum atomic E-state index is -1.06. The maximum absolute atomic E-state index is 13.9. The summed E-state index contributed by atoms with van der Waals surface area (Å²) in [7, 11) is 0. The molecule has 21 heavy (non-hydrogen) atoms. The summed E-state index contributed by atoms with van der Waals surface area (Å²) in [4.78, 5) is 11.6. The van der Waals surface area contributed by atoms with Crippen molar-refractivity contribution in [2.24, 2.45) is 5.73 Å². The first-order chi connectivity index (χ1) is 9.86. The Bertz CT molecular complexity index is 666. The van der Waals surface area contributed by atoms with Crippen LogP contribution < -0.4 is 11.1 Å². The number of rotatable bonds is 4. The van der Waals surface area contributed by atoms with Crippen molar-refractivity contribution in [2.45, 2.75) is 19.9 Å². The van der Waals surface area contributed by atoms with E-state index < -0.39 is 23.6 Å². The lowest BCUT2D eigenvalue weighted by atomic mass is 10.0. The van der Waals surface area contributed by atoms with E-state index in [2.05, 4.69) is 5.32 Å². The van der Waals surface area contributed by atoms with Gasteiger partial charge in [0.15, 0.2) is 0 Å². The van der Waals surface area contributed by atoms with E-state index in [9.17, 15) is 13.6 Å². The van der Waals surface area contributed by atoms with Crippen LogP contribution in [-0.4, -0.2) is 5.91 Å². The fourth-order valence-corrected chi connectivity index (χ4v) is 2.17. The fourth-order valence-electron chi connectivity index (χ4n) is 2.17. The smallest absolute Gasteiger partial charge is 0.244 e. The van der Waals surface area contributed by atoms with Crippen molar-refractivity contribution in [3.05, 3.63) is 64.7 Å². The highest BCUT2D eigenvalue weighted by Crippen LogP contribution is 2.24. The lowest BCUT2D eigenvalue weighted by Crippen LogP contribution is -2.28. The van der Waals surface area contributed by atoms with E-state index in [0.29, 0.717) is 11.3 Å². The summed E-state index contributed by atoms with van der Waals surface area (Å²) in [6, 6.07) is 7.61. The summed E-state index contributed by atoms with van der Waals surface area (Å²) in [6.07, 6.45) is 0. The number of amides is 1. The van der Waals surface area contributed by atoms with Gasteiger partial charge >= 0.3 is 0 Å². The molecule has 0 aromatic heterocycles. The Morgan fingerprint density at radius 2 is 1.81 bits per heavy atom. The third-order valence-electron chi connectivity index (χ3n) is 3.10. The summed E-state index contributed by atoms with van der Waals surface area (Å²) in [5.74, 6) is -1.71. The van der Waals surface area contributed by atoms with E-state index in [-0.39, 0.29) is 5.56 Å². The van der Waals surface area contributed by atoms with Gasteiger partial charge in [0.25, 0.3) is 0 Å². The predicted molar refractivity (Wildman–Crippen MR) is 77.8 cm³/mol. The summed E-state index contributed by atoms with van der Waals surface area (Å²) < 4.78 is 27.3. The number of halogens is 2. The molecule has 0 bridgehead atoms. The number of nitrogens with one attached hydrogen (secondary N) is 1. The average Bonchev–Trinajstić information content (AvgIpc) is 2.37. The maximum Gasteiger partial charge on any atom is 0.244 e. The molecular formula is C16H16F2N2O. The van der Waals surface area contributed by atoms with E-state index in [0.717, 1.165) is 5.56 Å². The van der Waals surface area contributed by atoms with E-state index in [1.807, 2.05) is 0 Å². The number of aryl methyl sites for hydroxylation is 2. The van der Waals surface area contributed by atoms with Gasteiger partial charge < -0.3 is 11.1 Å². The summed E-state index contributed by atoms with van der Waals surface area (Å²) in [6.45, 7) is 3.51. The van der Waals surface area contributed by atoms with Gasteiger partial charge in [-0.3, -0.25) is 4.79 Å². The highest BCUT2D eigenvalue weighted by Gasteiger charge is 2.21. The molecule has 5 heteroatoms. The molecule has 3 nitrogen and oxygen atoms in total. The van der Waals surface area contributed by atoms with E-state index >= 15 is 0 Å². The van der Waals surface area contributed by atoms with Crippen molar-refractivity contribution in [1.29, 1.82) is 0 Å². The second-order valence-electron chi connectivity index (χ2n) is 5.02. The minimum absolute atomic E-state index is 0.143. The number of carbonyl (C=O) groups excluding carboxylic acids is 1.